The Morgan fingerprint density at radius 3 is 2.21 bits per heavy atom. The summed E-state index contributed by atoms with van der Waals surface area (Å²) in [5, 5.41) is 4.53. The van der Waals surface area contributed by atoms with Crippen molar-refractivity contribution in [3.63, 3.8) is 0 Å². The minimum Gasteiger partial charge on any atom is -0.489 e. The summed E-state index contributed by atoms with van der Waals surface area (Å²) in [5.41, 5.74) is 2.13. The van der Waals surface area contributed by atoms with Crippen LogP contribution in [0.3, 0.4) is 0 Å². The first kappa shape index (κ1) is 16.2. The average molecular weight is 321 g/mol. The molecule has 1 heterocycles. The highest BCUT2D eigenvalue weighted by Gasteiger charge is 2.21. The summed E-state index contributed by atoms with van der Waals surface area (Å²) in [4.78, 5) is 4.69. The second kappa shape index (κ2) is 6.48. The van der Waals surface area contributed by atoms with Gasteiger partial charge < -0.3 is 4.74 Å². The van der Waals surface area contributed by atoms with Crippen molar-refractivity contribution in [2.24, 2.45) is 7.05 Å². The van der Waals surface area contributed by atoms with Gasteiger partial charge in [0.25, 0.3) is 0 Å². The molecule has 0 radical (unpaired) electrons. The Morgan fingerprint density at radius 1 is 0.958 bits per heavy atom. The minimum atomic E-state index is -0.0608. The number of nitrogens with zero attached hydrogens (tertiary/aromatic N) is 3. The Kier molecular flexibility index (Phi) is 4.38. The molecule has 0 saturated heterocycles. The fraction of sp³-hybridized carbons (Fsp3) is 0.300. The standard InChI is InChI=1S/C20H23N3O/c1-20(2,3)19-21-18(23(4)22-19)16-10-12-17(13-11-16)24-14-15-8-6-5-7-9-15/h5-13H,14H2,1-4H3. The van der Waals surface area contributed by atoms with E-state index < -0.39 is 0 Å². The van der Waals surface area contributed by atoms with E-state index in [2.05, 4.69) is 43.0 Å². The second-order valence-electron chi connectivity index (χ2n) is 6.93. The van der Waals surface area contributed by atoms with Crippen LogP contribution >= 0.6 is 0 Å². The highest BCUT2D eigenvalue weighted by atomic mass is 16.5. The van der Waals surface area contributed by atoms with Gasteiger partial charge >= 0.3 is 0 Å². The van der Waals surface area contributed by atoms with Gasteiger partial charge in [-0.3, -0.25) is 0 Å². The summed E-state index contributed by atoms with van der Waals surface area (Å²) in [6.45, 7) is 6.92. The monoisotopic (exact) mass is 321 g/mol. The first-order valence-corrected chi connectivity index (χ1v) is 8.12. The normalized spacial score (nSPS) is 11.5. The van der Waals surface area contributed by atoms with E-state index in [0.717, 1.165) is 28.5 Å². The van der Waals surface area contributed by atoms with Crippen LogP contribution in [-0.2, 0) is 19.1 Å². The van der Waals surface area contributed by atoms with Crippen molar-refractivity contribution in [1.29, 1.82) is 0 Å². The molecule has 0 fully saturated rings. The summed E-state index contributed by atoms with van der Waals surface area (Å²) in [7, 11) is 1.93. The highest BCUT2D eigenvalue weighted by molar-refractivity contribution is 5.56. The lowest BCUT2D eigenvalue weighted by Crippen LogP contribution is -2.13. The third-order valence-corrected chi connectivity index (χ3v) is 3.79. The fourth-order valence-corrected chi connectivity index (χ4v) is 2.39. The Bertz CT molecular complexity index is 799. The summed E-state index contributed by atoms with van der Waals surface area (Å²) in [6.07, 6.45) is 0. The van der Waals surface area contributed by atoms with Gasteiger partial charge in [-0.1, -0.05) is 51.1 Å². The van der Waals surface area contributed by atoms with Crippen molar-refractivity contribution in [2.75, 3.05) is 0 Å². The van der Waals surface area contributed by atoms with E-state index in [0.29, 0.717) is 6.61 Å². The summed E-state index contributed by atoms with van der Waals surface area (Å²) < 4.78 is 7.66. The van der Waals surface area contributed by atoms with E-state index in [1.54, 1.807) is 0 Å². The van der Waals surface area contributed by atoms with Crippen molar-refractivity contribution < 1.29 is 4.74 Å². The number of hydrogen-bond donors (Lipinski definition) is 0. The predicted octanol–water partition coefficient (Wildman–Crippen LogP) is 4.36. The van der Waals surface area contributed by atoms with E-state index in [9.17, 15) is 0 Å². The molecular formula is C20H23N3O. The molecule has 0 saturated carbocycles. The van der Waals surface area contributed by atoms with Crippen LogP contribution in [0.4, 0.5) is 0 Å². The largest absolute Gasteiger partial charge is 0.489 e. The summed E-state index contributed by atoms with van der Waals surface area (Å²) in [5.74, 6) is 2.57. The molecule has 0 aliphatic carbocycles. The number of rotatable bonds is 4. The zero-order valence-electron chi connectivity index (χ0n) is 14.7. The molecular weight excluding hydrogens is 298 g/mol. The SMILES string of the molecule is Cn1nc(C(C)(C)C)nc1-c1ccc(OCc2ccccc2)cc1. The van der Waals surface area contributed by atoms with Gasteiger partial charge in [-0.2, -0.15) is 5.10 Å². The summed E-state index contributed by atoms with van der Waals surface area (Å²) >= 11 is 0. The van der Waals surface area contributed by atoms with Gasteiger partial charge in [0, 0.05) is 18.0 Å². The smallest absolute Gasteiger partial charge is 0.158 e. The van der Waals surface area contributed by atoms with Gasteiger partial charge in [0.2, 0.25) is 0 Å². The van der Waals surface area contributed by atoms with E-state index in [1.807, 2.05) is 54.2 Å². The van der Waals surface area contributed by atoms with Gasteiger partial charge in [-0.05, 0) is 29.8 Å². The molecule has 3 aromatic rings. The van der Waals surface area contributed by atoms with Gasteiger partial charge in [-0.25, -0.2) is 9.67 Å². The molecule has 0 amide bonds. The zero-order chi connectivity index (χ0) is 17.2. The van der Waals surface area contributed by atoms with Gasteiger partial charge in [0.1, 0.15) is 12.4 Å². The lowest BCUT2D eigenvalue weighted by Gasteiger charge is -2.12. The van der Waals surface area contributed by atoms with E-state index >= 15 is 0 Å². The number of aryl methyl sites for hydroxylation is 1. The molecule has 4 nitrogen and oxygen atoms in total. The maximum absolute atomic E-state index is 5.83. The first-order valence-electron chi connectivity index (χ1n) is 8.12. The first-order chi connectivity index (χ1) is 11.4. The van der Waals surface area contributed by atoms with Crippen LogP contribution < -0.4 is 4.74 Å². The molecule has 2 aromatic carbocycles. The maximum atomic E-state index is 5.83. The van der Waals surface area contributed by atoms with Gasteiger partial charge in [-0.15, -0.1) is 0 Å². The highest BCUT2D eigenvalue weighted by Crippen LogP contribution is 2.25. The molecule has 0 aliphatic rings. The molecule has 0 unspecified atom stereocenters. The third kappa shape index (κ3) is 3.65. The lowest BCUT2D eigenvalue weighted by atomic mass is 9.96. The quantitative estimate of drug-likeness (QED) is 0.717. The Labute approximate surface area is 143 Å². The number of ether oxygens (including phenoxy) is 1. The van der Waals surface area contributed by atoms with Gasteiger partial charge in [0.15, 0.2) is 11.6 Å². The molecule has 1 aromatic heterocycles. The molecule has 0 atom stereocenters. The van der Waals surface area contributed by atoms with Crippen LogP contribution in [0.5, 0.6) is 5.75 Å². The minimum absolute atomic E-state index is 0.0608. The van der Waals surface area contributed by atoms with Crippen molar-refractivity contribution in [3.05, 3.63) is 66.0 Å². The Morgan fingerprint density at radius 2 is 1.62 bits per heavy atom. The molecule has 4 heteroatoms. The van der Waals surface area contributed by atoms with E-state index in [1.165, 1.54) is 0 Å². The van der Waals surface area contributed by atoms with Crippen LogP contribution in [0.2, 0.25) is 0 Å². The van der Waals surface area contributed by atoms with Crippen molar-refractivity contribution in [1.82, 2.24) is 14.8 Å². The van der Waals surface area contributed by atoms with Gasteiger partial charge in [0.05, 0.1) is 0 Å². The second-order valence-corrected chi connectivity index (χ2v) is 6.93. The van der Waals surface area contributed by atoms with Crippen molar-refractivity contribution in [3.8, 4) is 17.1 Å². The lowest BCUT2D eigenvalue weighted by molar-refractivity contribution is 0.306. The topological polar surface area (TPSA) is 39.9 Å². The van der Waals surface area contributed by atoms with Crippen molar-refractivity contribution in [2.45, 2.75) is 32.8 Å². The average Bonchev–Trinajstić information content (AvgIpc) is 2.97. The molecule has 3 rings (SSSR count). The van der Waals surface area contributed by atoms with Crippen LogP contribution in [0.15, 0.2) is 54.6 Å². The fourth-order valence-electron chi connectivity index (χ4n) is 2.39. The summed E-state index contributed by atoms with van der Waals surface area (Å²) in [6, 6.07) is 18.2. The van der Waals surface area contributed by atoms with E-state index in [-0.39, 0.29) is 5.41 Å². The number of aromatic nitrogens is 3. The third-order valence-electron chi connectivity index (χ3n) is 3.79. The number of hydrogen-bond acceptors (Lipinski definition) is 3. The van der Waals surface area contributed by atoms with Crippen LogP contribution in [-0.4, -0.2) is 14.8 Å². The molecule has 124 valence electrons. The molecule has 0 aliphatic heterocycles. The zero-order valence-corrected chi connectivity index (χ0v) is 14.7. The molecule has 24 heavy (non-hydrogen) atoms. The van der Waals surface area contributed by atoms with Crippen molar-refractivity contribution >= 4 is 0 Å². The molecule has 0 spiro atoms. The predicted molar refractivity (Wildman–Crippen MR) is 95.9 cm³/mol. The molecule has 0 bridgehead atoms. The Balaban J connectivity index is 1.74. The van der Waals surface area contributed by atoms with Crippen LogP contribution in [0.25, 0.3) is 11.4 Å². The maximum Gasteiger partial charge on any atom is 0.158 e. The number of benzene rings is 2. The Hall–Kier alpha value is -2.62. The van der Waals surface area contributed by atoms with E-state index in [4.69, 9.17) is 4.74 Å². The van der Waals surface area contributed by atoms with Crippen LogP contribution in [0.1, 0.15) is 32.2 Å². The van der Waals surface area contributed by atoms with Crippen LogP contribution in [0, 0.1) is 0 Å². The molecule has 0 N–H and O–H groups in total.